The molecule has 0 aliphatic rings. The Hall–Kier alpha value is -2.66. The summed E-state index contributed by atoms with van der Waals surface area (Å²) in [6, 6.07) is 16.7. The summed E-state index contributed by atoms with van der Waals surface area (Å²) in [7, 11) is 0. The van der Waals surface area contributed by atoms with Gasteiger partial charge in [-0.05, 0) is 59.7 Å². The number of amides is 1. The molecule has 1 amide bonds. The summed E-state index contributed by atoms with van der Waals surface area (Å²) >= 11 is 3.38. The Labute approximate surface area is 148 Å². The minimum atomic E-state index is -0.173. The van der Waals surface area contributed by atoms with Gasteiger partial charge in [0.25, 0.3) is 5.91 Å². The van der Waals surface area contributed by atoms with Crippen LogP contribution in [0.25, 0.3) is 0 Å². The fourth-order valence-corrected chi connectivity index (χ4v) is 2.72. The second-order valence-corrected chi connectivity index (χ2v) is 6.28. The van der Waals surface area contributed by atoms with Crippen LogP contribution >= 0.6 is 15.9 Å². The lowest BCUT2D eigenvalue weighted by atomic mass is 9.98. The molecule has 0 radical (unpaired) electrons. The zero-order chi connectivity index (χ0) is 16.9. The molecule has 0 saturated carbocycles. The summed E-state index contributed by atoms with van der Waals surface area (Å²) in [6.45, 7) is 0. The van der Waals surface area contributed by atoms with Crippen molar-refractivity contribution in [3.05, 3.63) is 88.2 Å². The van der Waals surface area contributed by atoms with Crippen LogP contribution in [0, 0.1) is 0 Å². The van der Waals surface area contributed by atoms with Gasteiger partial charge in [0.15, 0.2) is 0 Å². The van der Waals surface area contributed by atoms with E-state index in [0.29, 0.717) is 17.7 Å². The number of pyridine rings is 1. The van der Waals surface area contributed by atoms with Crippen molar-refractivity contribution in [2.75, 3.05) is 11.1 Å². The smallest absolute Gasteiger partial charge is 0.256 e. The van der Waals surface area contributed by atoms with Crippen LogP contribution in [0.3, 0.4) is 0 Å². The fraction of sp³-hybridized carbons (Fsp3) is 0.0526. The highest BCUT2D eigenvalue weighted by Gasteiger charge is 2.14. The first-order valence-electron chi connectivity index (χ1n) is 7.46. The molecule has 0 aliphatic heterocycles. The number of nitrogen functional groups attached to an aromatic ring is 1. The van der Waals surface area contributed by atoms with Crippen molar-refractivity contribution < 1.29 is 4.79 Å². The van der Waals surface area contributed by atoms with E-state index in [1.807, 2.05) is 42.5 Å². The number of carbonyl (C=O) groups is 1. The normalized spacial score (nSPS) is 10.4. The zero-order valence-electron chi connectivity index (χ0n) is 12.9. The lowest BCUT2D eigenvalue weighted by Crippen LogP contribution is -2.15. The number of nitrogens with two attached hydrogens (primary N) is 1. The van der Waals surface area contributed by atoms with E-state index >= 15 is 0 Å². The Balaban J connectivity index is 1.88. The summed E-state index contributed by atoms with van der Waals surface area (Å²) in [6.07, 6.45) is 4.05. The van der Waals surface area contributed by atoms with Crippen molar-refractivity contribution in [2.45, 2.75) is 6.42 Å². The zero-order valence-corrected chi connectivity index (χ0v) is 14.5. The van der Waals surface area contributed by atoms with Crippen LogP contribution in [0.2, 0.25) is 0 Å². The van der Waals surface area contributed by atoms with E-state index in [-0.39, 0.29) is 5.91 Å². The molecule has 0 unspecified atom stereocenters. The predicted molar refractivity (Wildman–Crippen MR) is 100.0 cm³/mol. The standard InChI is InChI=1S/C19H16BrN3O/c20-14-4-6-15(7-5-14)23-19(24)16-2-1-3-18(21)17(16)12-13-8-10-22-11-9-13/h1-11H,12,21H2,(H,23,24). The van der Waals surface area contributed by atoms with Crippen LogP contribution in [0.4, 0.5) is 11.4 Å². The number of halogens is 1. The lowest BCUT2D eigenvalue weighted by Gasteiger charge is -2.13. The van der Waals surface area contributed by atoms with E-state index < -0.39 is 0 Å². The van der Waals surface area contributed by atoms with Gasteiger partial charge in [0.1, 0.15) is 0 Å². The average molecular weight is 382 g/mol. The maximum Gasteiger partial charge on any atom is 0.256 e. The fourth-order valence-electron chi connectivity index (χ4n) is 2.45. The molecule has 3 N–H and O–H groups in total. The predicted octanol–water partition coefficient (Wildman–Crippen LogP) is 4.27. The van der Waals surface area contributed by atoms with Crippen molar-refractivity contribution in [1.82, 2.24) is 4.98 Å². The van der Waals surface area contributed by atoms with Gasteiger partial charge in [0.05, 0.1) is 0 Å². The van der Waals surface area contributed by atoms with Crippen LogP contribution < -0.4 is 11.1 Å². The molecule has 4 nitrogen and oxygen atoms in total. The lowest BCUT2D eigenvalue weighted by molar-refractivity contribution is 0.102. The molecule has 2 aromatic carbocycles. The quantitative estimate of drug-likeness (QED) is 0.663. The van der Waals surface area contributed by atoms with Gasteiger partial charge in [0.2, 0.25) is 0 Å². The number of nitrogens with zero attached hydrogens (tertiary/aromatic N) is 1. The van der Waals surface area contributed by atoms with Gasteiger partial charge in [-0.25, -0.2) is 0 Å². The molecule has 0 bridgehead atoms. The third kappa shape index (κ3) is 3.81. The van der Waals surface area contributed by atoms with Gasteiger partial charge in [-0.2, -0.15) is 0 Å². The first-order chi connectivity index (χ1) is 11.6. The minimum Gasteiger partial charge on any atom is -0.398 e. The Morgan fingerprint density at radius 3 is 2.46 bits per heavy atom. The van der Waals surface area contributed by atoms with E-state index in [9.17, 15) is 4.79 Å². The van der Waals surface area contributed by atoms with Gasteiger partial charge >= 0.3 is 0 Å². The Kier molecular flexibility index (Phi) is 4.91. The Morgan fingerprint density at radius 2 is 1.75 bits per heavy atom. The molecule has 120 valence electrons. The van der Waals surface area contributed by atoms with E-state index in [1.54, 1.807) is 24.5 Å². The number of nitrogens with one attached hydrogen (secondary N) is 1. The number of hydrogen-bond acceptors (Lipinski definition) is 3. The van der Waals surface area contributed by atoms with Crippen molar-refractivity contribution in [1.29, 1.82) is 0 Å². The molecule has 5 heteroatoms. The van der Waals surface area contributed by atoms with E-state index in [1.165, 1.54) is 0 Å². The maximum absolute atomic E-state index is 12.7. The summed E-state index contributed by atoms with van der Waals surface area (Å²) in [5, 5.41) is 2.91. The van der Waals surface area contributed by atoms with Crippen LogP contribution in [0.1, 0.15) is 21.5 Å². The van der Waals surface area contributed by atoms with Gasteiger partial charge < -0.3 is 11.1 Å². The van der Waals surface area contributed by atoms with Crippen LogP contribution in [-0.2, 0) is 6.42 Å². The second kappa shape index (κ2) is 7.27. The number of benzene rings is 2. The first kappa shape index (κ1) is 16.2. The van der Waals surface area contributed by atoms with Crippen molar-refractivity contribution >= 4 is 33.2 Å². The van der Waals surface area contributed by atoms with Crippen LogP contribution in [0.15, 0.2) is 71.5 Å². The highest BCUT2D eigenvalue weighted by atomic mass is 79.9. The third-order valence-corrected chi connectivity index (χ3v) is 4.22. The van der Waals surface area contributed by atoms with Crippen molar-refractivity contribution in [3.63, 3.8) is 0 Å². The van der Waals surface area contributed by atoms with Crippen LogP contribution in [-0.4, -0.2) is 10.9 Å². The molecular weight excluding hydrogens is 366 g/mol. The Bertz CT molecular complexity index is 848. The number of carbonyl (C=O) groups excluding carboxylic acids is 1. The summed E-state index contributed by atoms with van der Waals surface area (Å²) in [4.78, 5) is 16.7. The number of anilines is 2. The molecule has 0 aliphatic carbocycles. The minimum absolute atomic E-state index is 0.173. The molecule has 1 heterocycles. The first-order valence-corrected chi connectivity index (χ1v) is 8.26. The SMILES string of the molecule is Nc1cccc(C(=O)Nc2ccc(Br)cc2)c1Cc1ccncc1. The van der Waals surface area contributed by atoms with E-state index in [2.05, 4.69) is 26.2 Å². The molecule has 0 atom stereocenters. The monoisotopic (exact) mass is 381 g/mol. The molecular formula is C19H16BrN3O. The molecule has 3 aromatic rings. The van der Waals surface area contributed by atoms with Gasteiger partial charge in [-0.1, -0.05) is 22.0 Å². The van der Waals surface area contributed by atoms with Gasteiger partial charge in [-0.3, -0.25) is 9.78 Å². The third-order valence-electron chi connectivity index (χ3n) is 3.69. The number of rotatable bonds is 4. The molecule has 0 fully saturated rings. The highest BCUT2D eigenvalue weighted by Crippen LogP contribution is 2.22. The van der Waals surface area contributed by atoms with Crippen molar-refractivity contribution in [2.24, 2.45) is 0 Å². The summed E-state index contributed by atoms with van der Waals surface area (Å²) < 4.78 is 0.961. The summed E-state index contributed by atoms with van der Waals surface area (Å²) in [5.41, 5.74) is 9.91. The number of hydrogen-bond donors (Lipinski definition) is 2. The maximum atomic E-state index is 12.7. The largest absolute Gasteiger partial charge is 0.398 e. The molecule has 24 heavy (non-hydrogen) atoms. The molecule has 0 saturated heterocycles. The molecule has 3 rings (SSSR count). The van der Waals surface area contributed by atoms with Crippen molar-refractivity contribution in [3.8, 4) is 0 Å². The second-order valence-electron chi connectivity index (χ2n) is 5.37. The van der Waals surface area contributed by atoms with E-state index in [0.717, 1.165) is 21.3 Å². The highest BCUT2D eigenvalue weighted by molar-refractivity contribution is 9.10. The summed E-state index contributed by atoms with van der Waals surface area (Å²) in [5.74, 6) is -0.173. The van der Waals surface area contributed by atoms with E-state index in [4.69, 9.17) is 5.73 Å². The van der Waals surface area contributed by atoms with Gasteiger partial charge in [0, 0.05) is 40.2 Å². The molecule has 1 aromatic heterocycles. The Morgan fingerprint density at radius 1 is 1.04 bits per heavy atom. The molecule has 0 spiro atoms. The average Bonchev–Trinajstić information content (AvgIpc) is 2.59. The van der Waals surface area contributed by atoms with Gasteiger partial charge in [-0.15, -0.1) is 0 Å². The topological polar surface area (TPSA) is 68.0 Å². The number of aromatic nitrogens is 1. The van der Waals surface area contributed by atoms with Crippen LogP contribution in [0.5, 0.6) is 0 Å².